The van der Waals surface area contributed by atoms with Gasteiger partial charge in [0.25, 0.3) is 0 Å². The molecular formula is C16H24O3. The molecule has 0 spiro atoms. The van der Waals surface area contributed by atoms with E-state index in [2.05, 4.69) is 6.92 Å². The minimum atomic E-state index is -1.21. The van der Waals surface area contributed by atoms with Crippen LogP contribution in [0.2, 0.25) is 0 Å². The number of benzene rings is 1. The van der Waals surface area contributed by atoms with Crippen molar-refractivity contribution in [3.05, 3.63) is 35.9 Å². The molecule has 1 aromatic carbocycles. The first-order valence-corrected chi connectivity index (χ1v) is 6.99. The van der Waals surface area contributed by atoms with Crippen LogP contribution in [0.25, 0.3) is 0 Å². The van der Waals surface area contributed by atoms with Crippen molar-refractivity contribution in [1.82, 2.24) is 0 Å². The normalized spacial score (nSPS) is 15.7. The molecule has 0 aliphatic heterocycles. The van der Waals surface area contributed by atoms with E-state index in [0.29, 0.717) is 12.0 Å². The summed E-state index contributed by atoms with van der Waals surface area (Å²) in [6, 6.07) is 8.98. The van der Waals surface area contributed by atoms with Crippen molar-refractivity contribution in [3.8, 4) is 0 Å². The lowest BCUT2D eigenvalue weighted by molar-refractivity contribution is -0.145. The lowest BCUT2D eigenvalue weighted by atomic mass is 9.80. The Morgan fingerprint density at radius 3 is 2.37 bits per heavy atom. The second-order valence-electron chi connectivity index (χ2n) is 5.35. The van der Waals surface area contributed by atoms with Gasteiger partial charge in [-0.2, -0.15) is 0 Å². The molecule has 0 amide bonds. The standard InChI is InChI=1S/C16H24O3/c1-3-4-5-9-12-16(2,19)14(15(17)18)13-10-7-6-8-11-13/h6-8,10-11,14,19H,3-5,9,12H2,1-2H3,(H,17,18). The van der Waals surface area contributed by atoms with E-state index in [1.165, 1.54) is 0 Å². The summed E-state index contributed by atoms with van der Waals surface area (Å²) in [6.45, 7) is 3.76. The molecule has 0 heterocycles. The highest BCUT2D eigenvalue weighted by molar-refractivity contribution is 5.77. The fraction of sp³-hybridized carbons (Fsp3) is 0.562. The van der Waals surface area contributed by atoms with Gasteiger partial charge in [0, 0.05) is 0 Å². The quantitative estimate of drug-likeness (QED) is 0.706. The van der Waals surface area contributed by atoms with Crippen molar-refractivity contribution >= 4 is 5.97 Å². The predicted octanol–water partition coefficient (Wildman–Crippen LogP) is 3.58. The third-order valence-corrected chi connectivity index (χ3v) is 3.54. The van der Waals surface area contributed by atoms with Gasteiger partial charge < -0.3 is 10.2 Å². The van der Waals surface area contributed by atoms with Crippen LogP contribution in [0.5, 0.6) is 0 Å². The zero-order chi connectivity index (χ0) is 14.3. The molecule has 0 aliphatic rings. The summed E-state index contributed by atoms with van der Waals surface area (Å²) < 4.78 is 0. The van der Waals surface area contributed by atoms with Gasteiger partial charge in [-0.1, -0.05) is 62.9 Å². The van der Waals surface area contributed by atoms with Crippen molar-refractivity contribution in [1.29, 1.82) is 0 Å². The highest BCUT2D eigenvalue weighted by Gasteiger charge is 2.38. The van der Waals surface area contributed by atoms with E-state index in [4.69, 9.17) is 0 Å². The molecule has 2 unspecified atom stereocenters. The fourth-order valence-electron chi connectivity index (χ4n) is 2.47. The molecule has 1 aromatic rings. The topological polar surface area (TPSA) is 57.5 Å². The molecule has 0 saturated carbocycles. The number of unbranched alkanes of at least 4 members (excludes halogenated alkanes) is 3. The number of aliphatic hydroxyl groups is 1. The minimum Gasteiger partial charge on any atom is -0.481 e. The second-order valence-corrected chi connectivity index (χ2v) is 5.35. The van der Waals surface area contributed by atoms with Crippen LogP contribution in [-0.4, -0.2) is 21.8 Å². The van der Waals surface area contributed by atoms with Gasteiger partial charge in [0.2, 0.25) is 0 Å². The van der Waals surface area contributed by atoms with E-state index in [9.17, 15) is 15.0 Å². The number of carbonyl (C=O) groups is 1. The highest BCUT2D eigenvalue weighted by atomic mass is 16.4. The molecule has 19 heavy (non-hydrogen) atoms. The number of carboxylic acids is 1. The third-order valence-electron chi connectivity index (χ3n) is 3.54. The molecule has 0 bridgehead atoms. The van der Waals surface area contributed by atoms with Gasteiger partial charge in [-0.25, -0.2) is 0 Å². The molecule has 0 radical (unpaired) electrons. The van der Waals surface area contributed by atoms with Crippen LogP contribution in [0.15, 0.2) is 30.3 Å². The van der Waals surface area contributed by atoms with Crippen LogP contribution in [0.4, 0.5) is 0 Å². The maximum Gasteiger partial charge on any atom is 0.313 e. The van der Waals surface area contributed by atoms with Crippen LogP contribution < -0.4 is 0 Å². The van der Waals surface area contributed by atoms with Gasteiger partial charge in [0.15, 0.2) is 0 Å². The van der Waals surface area contributed by atoms with Crippen LogP contribution in [0.3, 0.4) is 0 Å². The van der Waals surface area contributed by atoms with E-state index in [0.717, 1.165) is 25.7 Å². The number of hydrogen-bond donors (Lipinski definition) is 2. The van der Waals surface area contributed by atoms with Crippen LogP contribution >= 0.6 is 0 Å². The van der Waals surface area contributed by atoms with Crippen molar-refractivity contribution in [2.24, 2.45) is 0 Å². The van der Waals surface area contributed by atoms with E-state index < -0.39 is 17.5 Å². The molecule has 1 rings (SSSR count). The van der Waals surface area contributed by atoms with Crippen molar-refractivity contribution < 1.29 is 15.0 Å². The van der Waals surface area contributed by atoms with Crippen molar-refractivity contribution in [2.75, 3.05) is 0 Å². The van der Waals surface area contributed by atoms with Crippen molar-refractivity contribution in [2.45, 2.75) is 57.5 Å². The Morgan fingerprint density at radius 2 is 1.84 bits per heavy atom. The Bertz CT molecular complexity index is 384. The van der Waals surface area contributed by atoms with E-state index in [1.807, 2.05) is 6.07 Å². The predicted molar refractivity (Wildman–Crippen MR) is 76.2 cm³/mol. The first-order valence-electron chi connectivity index (χ1n) is 6.99. The summed E-state index contributed by atoms with van der Waals surface area (Å²) in [6.07, 6.45) is 4.66. The largest absolute Gasteiger partial charge is 0.481 e. The maximum atomic E-state index is 11.5. The third kappa shape index (κ3) is 4.67. The number of rotatable bonds is 8. The maximum absolute atomic E-state index is 11.5. The Morgan fingerprint density at radius 1 is 1.21 bits per heavy atom. The molecule has 2 atom stereocenters. The van der Waals surface area contributed by atoms with Gasteiger partial charge in [-0.3, -0.25) is 4.79 Å². The molecule has 3 heteroatoms. The smallest absolute Gasteiger partial charge is 0.313 e. The van der Waals surface area contributed by atoms with Crippen LogP contribution in [0, 0.1) is 0 Å². The first kappa shape index (κ1) is 15.7. The SMILES string of the molecule is CCCCCCC(C)(O)C(C(=O)O)c1ccccc1. The van der Waals surface area contributed by atoms with Gasteiger partial charge in [0.05, 0.1) is 5.60 Å². The fourth-order valence-corrected chi connectivity index (χ4v) is 2.47. The highest BCUT2D eigenvalue weighted by Crippen LogP contribution is 2.32. The van der Waals surface area contributed by atoms with Gasteiger partial charge in [0.1, 0.15) is 5.92 Å². The Balaban J connectivity index is 2.77. The first-order chi connectivity index (χ1) is 8.99. The lowest BCUT2D eigenvalue weighted by Crippen LogP contribution is -2.37. The van der Waals surface area contributed by atoms with E-state index >= 15 is 0 Å². The zero-order valence-electron chi connectivity index (χ0n) is 11.8. The molecule has 0 saturated heterocycles. The molecule has 2 N–H and O–H groups in total. The molecule has 0 fully saturated rings. The summed E-state index contributed by atoms with van der Waals surface area (Å²) >= 11 is 0. The van der Waals surface area contributed by atoms with Crippen molar-refractivity contribution in [3.63, 3.8) is 0 Å². The Kier molecular flexibility index (Phi) is 6.03. The van der Waals surface area contributed by atoms with Gasteiger partial charge in [-0.15, -0.1) is 0 Å². The summed E-state index contributed by atoms with van der Waals surface area (Å²) in [5.41, 5.74) is -0.545. The Hall–Kier alpha value is -1.35. The number of hydrogen-bond acceptors (Lipinski definition) is 2. The van der Waals surface area contributed by atoms with Gasteiger partial charge >= 0.3 is 5.97 Å². The lowest BCUT2D eigenvalue weighted by Gasteiger charge is -2.30. The van der Waals surface area contributed by atoms with E-state index in [1.54, 1.807) is 31.2 Å². The minimum absolute atomic E-state index is 0.513. The Labute approximate surface area is 115 Å². The second kappa shape index (κ2) is 7.29. The number of aliphatic carboxylic acids is 1. The van der Waals surface area contributed by atoms with Crippen LogP contribution in [-0.2, 0) is 4.79 Å². The molecule has 0 aromatic heterocycles. The van der Waals surface area contributed by atoms with Crippen LogP contribution in [0.1, 0.15) is 57.4 Å². The summed E-state index contributed by atoms with van der Waals surface area (Å²) in [7, 11) is 0. The monoisotopic (exact) mass is 264 g/mol. The average Bonchev–Trinajstić information content (AvgIpc) is 2.35. The van der Waals surface area contributed by atoms with E-state index in [-0.39, 0.29) is 0 Å². The molecule has 106 valence electrons. The molecule has 0 aliphatic carbocycles. The summed E-state index contributed by atoms with van der Waals surface area (Å²) in [5.74, 6) is -1.83. The molecular weight excluding hydrogens is 240 g/mol. The summed E-state index contributed by atoms with van der Waals surface area (Å²) in [4.78, 5) is 11.5. The average molecular weight is 264 g/mol. The van der Waals surface area contributed by atoms with Gasteiger partial charge in [-0.05, 0) is 18.9 Å². The molecule has 3 nitrogen and oxygen atoms in total. The number of carboxylic acid groups (broad SMARTS) is 1. The zero-order valence-corrected chi connectivity index (χ0v) is 11.8. The summed E-state index contributed by atoms with van der Waals surface area (Å²) in [5, 5.41) is 19.9.